The first-order chi connectivity index (χ1) is 17.5. The van der Waals surface area contributed by atoms with Crippen LogP contribution in [0.3, 0.4) is 0 Å². The predicted molar refractivity (Wildman–Crippen MR) is 147 cm³/mol. The highest BCUT2D eigenvalue weighted by Gasteiger charge is 2.11. The number of benzene rings is 3. The predicted octanol–water partition coefficient (Wildman–Crippen LogP) is 6.57. The smallest absolute Gasteiger partial charge is 0.251 e. The summed E-state index contributed by atoms with van der Waals surface area (Å²) in [6, 6.07) is 22.4. The lowest BCUT2D eigenvalue weighted by molar-refractivity contribution is 0.0953. The summed E-state index contributed by atoms with van der Waals surface area (Å²) in [4.78, 5) is 17.2. The van der Waals surface area contributed by atoms with Crippen LogP contribution in [0.4, 0.5) is 0 Å². The van der Waals surface area contributed by atoms with Crippen molar-refractivity contribution in [2.45, 2.75) is 59.4 Å². The average Bonchev–Trinajstić information content (AvgIpc) is 3.22. The molecule has 0 aliphatic carbocycles. The molecule has 0 unspecified atom stereocenters. The van der Waals surface area contributed by atoms with Gasteiger partial charge >= 0.3 is 0 Å². The molecule has 0 atom stereocenters. The molecule has 0 radical (unpaired) electrons. The van der Waals surface area contributed by atoms with E-state index in [2.05, 4.69) is 60.1 Å². The fourth-order valence-electron chi connectivity index (χ4n) is 4.61. The molecule has 0 saturated heterocycles. The zero-order valence-electron chi connectivity index (χ0n) is 21.7. The summed E-state index contributed by atoms with van der Waals surface area (Å²) in [5, 5.41) is 3.04. The maximum absolute atomic E-state index is 12.3. The number of rotatable bonds is 12. The van der Waals surface area contributed by atoms with Crippen molar-refractivity contribution >= 4 is 16.9 Å². The highest BCUT2D eigenvalue weighted by atomic mass is 16.5. The minimum absolute atomic E-state index is 0.00328. The molecule has 1 amide bonds. The molecule has 0 bridgehead atoms. The van der Waals surface area contributed by atoms with E-state index in [4.69, 9.17) is 9.72 Å². The second-order valence-corrected chi connectivity index (χ2v) is 9.58. The van der Waals surface area contributed by atoms with Crippen LogP contribution >= 0.6 is 0 Å². The summed E-state index contributed by atoms with van der Waals surface area (Å²) in [6.07, 6.45) is 4.90. The Morgan fingerprint density at radius 3 is 2.56 bits per heavy atom. The lowest BCUT2D eigenvalue weighted by Crippen LogP contribution is -2.24. The fraction of sp³-hybridized carbons (Fsp3) is 0.355. The number of amides is 1. The van der Waals surface area contributed by atoms with Crippen molar-refractivity contribution in [2.24, 2.45) is 0 Å². The SMILES string of the molecule is Cc1cccc(C(=O)NCCCCCc2nc3ccccc3n2CCCOc2ccc(C)cc2C)c1. The van der Waals surface area contributed by atoms with Crippen molar-refractivity contribution in [3.05, 3.63) is 94.8 Å². The van der Waals surface area contributed by atoms with Gasteiger partial charge in [0, 0.05) is 25.1 Å². The van der Waals surface area contributed by atoms with Crippen molar-refractivity contribution in [3.63, 3.8) is 0 Å². The van der Waals surface area contributed by atoms with Gasteiger partial charge in [0.1, 0.15) is 11.6 Å². The van der Waals surface area contributed by atoms with Gasteiger partial charge < -0.3 is 14.6 Å². The van der Waals surface area contributed by atoms with Crippen LogP contribution in [0.2, 0.25) is 0 Å². The van der Waals surface area contributed by atoms with Gasteiger partial charge in [0.15, 0.2) is 0 Å². The number of ether oxygens (including phenoxy) is 1. The van der Waals surface area contributed by atoms with Gasteiger partial charge in [-0.3, -0.25) is 4.79 Å². The quantitative estimate of drug-likeness (QED) is 0.232. The van der Waals surface area contributed by atoms with E-state index in [0.29, 0.717) is 13.2 Å². The highest BCUT2D eigenvalue weighted by Crippen LogP contribution is 2.21. The number of unbranched alkanes of at least 4 members (excludes halogenated alkanes) is 2. The van der Waals surface area contributed by atoms with Gasteiger partial charge in [0.25, 0.3) is 5.91 Å². The number of aryl methyl sites for hydroxylation is 5. The number of fused-ring (bicyclic) bond motifs is 1. The number of carbonyl (C=O) groups is 1. The third-order valence-electron chi connectivity index (χ3n) is 6.49. The van der Waals surface area contributed by atoms with Gasteiger partial charge in [-0.25, -0.2) is 4.98 Å². The van der Waals surface area contributed by atoms with Crippen molar-refractivity contribution in [1.82, 2.24) is 14.9 Å². The van der Waals surface area contributed by atoms with E-state index >= 15 is 0 Å². The Kier molecular flexibility index (Phi) is 8.77. The number of nitrogens with one attached hydrogen (secondary N) is 1. The number of para-hydroxylation sites is 2. The van der Waals surface area contributed by atoms with E-state index in [0.717, 1.165) is 66.9 Å². The molecule has 5 nitrogen and oxygen atoms in total. The first kappa shape index (κ1) is 25.5. The Bertz CT molecular complexity index is 1310. The Morgan fingerprint density at radius 2 is 1.72 bits per heavy atom. The van der Waals surface area contributed by atoms with Gasteiger partial charge in [-0.1, -0.05) is 53.9 Å². The van der Waals surface area contributed by atoms with Crippen LogP contribution in [0.25, 0.3) is 11.0 Å². The lowest BCUT2D eigenvalue weighted by Gasteiger charge is -2.12. The molecule has 0 aliphatic heterocycles. The summed E-state index contributed by atoms with van der Waals surface area (Å²) in [5.74, 6) is 2.10. The third-order valence-corrected chi connectivity index (χ3v) is 6.49. The van der Waals surface area contributed by atoms with Crippen LogP contribution < -0.4 is 10.1 Å². The standard InChI is InChI=1S/C31H37N3O2/c1-23-11-9-12-26(22-23)31(35)32-18-8-4-5-15-30-33-27-13-6-7-14-28(27)34(30)19-10-20-36-29-17-16-24(2)21-25(29)3/h6-7,9,11-14,16-17,21-22H,4-5,8,10,15,18-20H2,1-3H3,(H,32,35). The summed E-state index contributed by atoms with van der Waals surface area (Å²) in [7, 11) is 0. The molecule has 3 aromatic carbocycles. The van der Waals surface area contributed by atoms with Crippen LogP contribution in [0.5, 0.6) is 5.75 Å². The second-order valence-electron chi connectivity index (χ2n) is 9.58. The van der Waals surface area contributed by atoms with E-state index < -0.39 is 0 Å². The first-order valence-electron chi connectivity index (χ1n) is 13.0. The van der Waals surface area contributed by atoms with E-state index in [-0.39, 0.29) is 5.91 Å². The minimum atomic E-state index is 0.00328. The number of aromatic nitrogens is 2. The van der Waals surface area contributed by atoms with Crippen LogP contribution in [0.15, 0.2) is 66.7 Å². The Balaban J connectivity index is 1.25. The van der Waals surface area contributed by atoms with Gasteiger partial charge in [-0.2, -0.15) is 0 Å². The van der Waals surface area contributed by atoms with Crippen molar-refractivity contribution in [3.8, 4) is 5.75 Å². The van der Waals surface area contributed by atoms with Crippen LogP contribution in [0, 0.1) is 20.8 Å². The van der Waals surface area contributed by atoms with Crippen molar-refractivity contribution < 1.29 is 9.53 Å². The maximum atomic E-state index is 12.3. The summed E-state index contributed by atoms with van der Waals surface area (Å²) < 4.78 is 8.40. The Hall–Kier alpha value is -3.60. The van der Waals surface area contributed by atoms with E-state index in [1.165, 1.54) is 16.6 Å². The third kappa shape index (κ3) is 6.75. The molecular formula is C31H37N3O2. The topological polar surface area (TPSA) is 56.2 Å². The van der Waals surface area contributed by atoms with Gasteiger partial charge in [0.2, 0.25) is 0 Å². The van der Waals surface area contributed by atoms with Crippen molar-refractivity contribution in [1.29, 1.82) is 0 Å². The molecule has 1 aromatic heterocycles. The van der Waals surface area contributed by atoms with Crippen LogP contribution in [0.1, 0.15) is 58.6 Å². The molecule has 36 heavy (non-hydrogen) atoms. The Labute approximate surface area is 214 Å². The minimum Gasteiger partial charge on any atom is -0.493 e. The average molecular weight is 484 g/mol. The largest absolute Gasteiger partial charge is 0.493 e. The number of nitrogens with zero attached hydrogens (tertiary/aromatic N) is 2. The fourth-order valence-corrected chi connectivity index (χ4v) is 4.61. The summed E-state index contributed by atoms with van der Waals surface area (Å²) in [6.45, 7) is 8.45. The van der Waals surface area contributed by atoms with E-state index in [1.54, 1.807) is 0 Å². The highest BCUT2D eigenvalue weighted by molar-refractivity contribution is 5.94. The van der Waals surface area contributed by atoms with Gasteiger partial charge in [0.05, 0.1) is 17.6 Å². The second kappa shape index (κ2) is 12.4. The summed E-state index contributed by atoms with van der Waals surface area (Å²) in [5.41, 5.74) is 6.49. The molecule has 1 N–H and O–H groups in total. The van der Waals surface area contributed by atoms with Gasteiger partial charge in [-0.15, -0.1) is 0 Å². The molecule has 4 aromatic rings. The number of hydrogen-bond acceptors (Lipinski definition) is 3. The molecule has 5 heteroatoms. The van der Waals surface area contributed by atoms with Crippen molar-refractivity contribution in [2.75, 3.05) is 13.2 Å². The molecular weight excluding hydrogens is 446 g/mol. The zero-order valence-corrected chi connectivity index (χ0v) is 21.7. The monoisotopic (exact) mass is 483 g/mol. The normalized spacial score (nSPS) is 11.1. The molecule has 0 aliphatic rings. The molecule has 188 valence electrons. The zero-order chi connectivity index (χ0) is 25.3. The molecule has 0 spiro atoms. The van der Waals surface area contributed by atoms with Gasteiger partial charge in [-0.05, 0) is 75.9 Å². The molecule has 0 saturated carbocycles. The number of hydrogen-bond donors (Lipinski definition) is 1. The lowest BCUT2D eigenvalue weighted by atomic mass is 10.1. The van der Waals surface area contributed by atoms with Crippen LogP contribution in [-0.4, -0.2) is 28.6 Å². The number of imidazole rings is 1. The van der Waals surface area contributed by atoms with E-state index in [1.807, 2.05) is 37.3 Å². The maximum Gasteiger partial charge on any atom is 0.251 e. The van der Waals surface area contributed by atoms with E-state index in [9.17, 15) is 4.79 Å². The number of carbonyl (C=O) groups excluding carboxylic acids is 1. The van der Waals surface area contributed by atoms with Crippen LogP contribution in [-0.2, 0) is 13.0 Å². The molecule has 0 fully saturated rings. The Morgan fingerprint density at radius 1 is 0.889 bits per heavy atom. The molecule has 1 heterocycles. The first-order valence-corrected chi connectivity index (χ1v) is 13.0. The summed E-state index contributed by atoms with van der Waals surface area (Å²) >= 11 is 0. The molecule has 4 rings (SSSR count).